The molecule has 1 aromatic carbocycles. The van der Waals surface area contributed by atoms with Crippen molar-refractivity contribution in [1.29, 1.82) is 0 Å². The molecule has 0 saturated carbocycles. The topological polar surface area (TPSA) is 35.6 Å². The summed E-state index contributed by atoms with van der Waals surface area (Å²) in [6, 6.07) is 6.56. The molecule has 3 rings (SSSR count). The van der Waals surface area contributed by atoms with Crippen LogP contribution in [0.25, 0.3) is 0 Å². The van der Waals surface area contributed by atoms with Crippen LogP contribution in [0.4, 0.5) is 11.4 Å². The highest BCUT2D eigenvalue weighted by atomic mass is 16.2. The third-order valence-electron chi connectivity index (χ3n) is 3.98. The molecule has 0 spiro atoms. The maximum Gasteiger partial charge on any atom is 0.251 e. The number of aryl methyl sites for hydroxylation is 1. The summed E-state index contributed by atoms with van der Waals surface area (Å²) in [5.41, 5.74) is 3.47. The van der Waals surface area contributed by atoms with E-state index in [1.807, 2.05) is 4.90 Å². The van der Waals surface area contributed by atoms with E-state index in [0.29, 0.717) is 0 Å². The Kier molecular flexibility index (Phi) is 2.97. The second-order valence-corrected chi connectivity index (χ2v) is 5.71. The lowest BCUT2D eigenvalue weighted by Crippen LogP contribution is -2.63. The van der Waals surface area contributed by atoms with Gasteiger partial charge in [-0.05, 0) is 38.5 Å². The van der Waals surface area contributed by atoms with E-state index in [-0.39, 0.29) is 18.0 Å². The van der Waals surface area contributed by atoms with E-state index in [0.717, 1.165) is 25.3 Å². The number of fused-ring (bicyclic) bond motifs is 3. The van der Waals surface area contributed by atoms with Gasteiger partial charge in [-0.25, -0.2) is 0 Å². The summed E-state index contributed by atoms with van der Waals surface area (Å²) in [4.78, 5) is 16.9. The number of piperazine rings is 1. The van der Waals surface area contributed by atoms with Crippen LogP contribution in [0, 0.1) is 6.92 Å². The quantitative estimate of drug-likeness (QED) is 0.831. The van der Waals surface area contributed by atoms with Crippen LogP contribution in [0.5, 0.6) is 0 Å². The molecule has 0 bridgehead atoms. The minimum absolute atomic E-state index is 0.0497. The third-order valence-corrected chi connectivity index (χ3v) is 3.98. The second kappa shape index (κ2) is 4.53. The first kappa shape index (κ1) is 12.5. The molecular weight excluding hydrogens is 238 g/mol. The number of rotatable bonds is 1. The molecule has 2 aliphatic heterocycles. The number of hydrogen-bond acceptors (Lipinski definition) is 3. The Labute approximate surface area is 114 Å². The number of anilines is 2. The molecule has 4 nitrogen and oxygen atoms in total. The van der Waals surface area contributed by atoms with Gasteiger partial charge in [-0.1, -0.05) is 6.07 Å². The molecule has 19 heavy (non-hydrogen) atoms. The van der Waals surface area contributed by atoms with E-state index < -0.39 is 0 Å². The van der Waals surface area contributed by atoms with Crippen LogP contribution >= 0.6 is 0 Å². The summed E-state index contributed by atoms with van der Waals surface area (Å²) in [6.07, 6.45) is 0. The van der Waals surface area contributed by atoms with Crippen LogP contribution in [-0.4, -0.2) is 37.6 Å². The van der Waals surface area contributed by atoms with Gasteiger partial charge in [-0.3, -0.25) is 4.79 Å². The largest absolute Gasteiger partial charge is 0.355 e. The van der Waals surface area contributed by atoms with Crippen LogP contribution in [0.2, 0.25) is 0 Å². The summed E-state index contributed by atoms with van der Waals surface area (Å²) in [5, 5.41) is 3.33. The molecular formula is C15H21N3O. The lowest BCUT2D eigenvalue weighted by molar-refractivity contribution is -0.120. The van der Waals surface area contributed by atoms with Gasteiger partial charge in [-0.15, -0.1) is 0 Å². The van der Waals surface area contributed by atoms with Crippen molar-refractivity contribution in [2.24, 2.45) is 0 Å². The maximum atomic E-state index is 12.7. The van der Waals surface area contributed by atoms with Gasteiger partial charge in [0.25, 0.3) is 5.91 Å². The summed E-state index contributed by atoms with van der Waals surface area (Å²) in [5.74, 6) is 0.223. The molecule has 1 N–H and O–H groups in total. The van der Waals surface area contributed by atoms with Gasteiger partial charge >= 0.3 is 0 Å². The maximum absolute atomic E-state index is 12.7. The molecule has 1 unspecified atom stereocenters. The molecule has 1 aromatic rings. The molecule has 4 heteroatoms. The Bertz CT molecular complexity index is 512. The van der Waals surface area contributed by atoms with E-state index in [1.54, 1.807) is 0 Å². The van der Waals surface area contributed by atoms with Gasteiger partial charge < -0.3 is 15.1 Å². The van der Waals surface area contributed by atoms with Gasteiger partial charge in [0.15, 0.2) is 0 Å². The van der Waals surface area contributed by atoms with Gasteiger partial charge in [0.1, 0.15) is 6.04 Å². The smallest absolute Gasteiger partial charge is 0.251 e. The molecule has 0 radical (unpaired) electrons. The Balaban J connectivity index is 2.14. The zero-order chi connectivity index (χ0) is 13.6. The molecule has 1 saturated heterocycles. The van der Waals surface area contributed by atoms with Gasteiger partial charge in [0.05, 0.1) is 11.4 Å². The number of hydrogen-bond donors (Lipinski definition) is 1. The SMILES string of the molecule is Cc1ccc2c(c1)N(C(C)C)C(=O)C1CNCCN21. The van der Waals surface area contributed by atoms with Gasteiger partial charge in [0, 0.05) is 25.7 Å². The van der Waals surface area contributed by atoms with E-state index in [9.17, 15) is 4.79 Å². The highest BCUT2D eigenvalue weighted by Crippen LogP contribution is 2.38. The van der Waals surface area contributed by atoms with Crippen LogP contribution < -0.4 is 15.1 Å². The molecule has 102 valence electrons. The molecule has 2 aliphatic rings. The Morgan fingerprint density at radius 2 is 2.11 bits per heavy atom. The normalized spacial score (nSPS) is 22.5. The minimum atomic E-state index is -0.0497. The van der Waals surface area contributed by atoms with Gasteiger partial charge in [-0.2, -0.15) is 0 Å². The highest BCUT2D eigenvalue weighted by Gasteiger charge is 2.40. The fraction of sp³-hybridized carbons (Fsp3) is 0.533. The van der Waals surface area contributed by atoms with Crippen molar-refractivity contribution in [3.63, 3.8) is 0 Å². The fourth-order valence-electron chi connectivity index (χ4n) is 3.09. The zero-order valence-corrected chi connectivity index (χ0v) is 11.8. The lowest BCUT2D eigenvalue weighted by Gasteiger charge is -2.46. The number of nitrogens with one attached hydrogen (secondary N) is 1. The van der Waals surface area contributed by atoms with Crippen LogP contribution in [0.1, 0.15) is 19.4 Å². The van der Waals surface area contributed by atoms with E-state index in [2.05, 4.69) is 49.2 Å². The summed E-state index contributed by atoms with van der Waals surface area (Å²) >= 11 is 0. The predicted octanol–water partition coefficient (Wildman–Crippen LogP) is 1.53. The monoisotopic (exact) mass is 259 g/mol. The van der Waals surface area contributed by atoms with E-state index in [1.165, 1.54) is 11.3 Å². The number of amides is 1. The van der Waals surface area contributed by atoms with E-state index in [4.69, 9.17) is 0 Å². The predicted molar refractivity (Wildman–Crippen MR) is 77.8 cm³/mol. The second-order valence-electron chi connectivity index (χ2n) is 5.71. The van der Waals surface area contributed by atoms with Crippen LogP contribution in [-0.2, 0) is 4.79 Å². The Hall–Kier alpha value is -1.55. The van der Waals surface area contributed by atoms with Crippen molar-refractivity contribution in [2.75, 3.05) is 29.4 Å². The Morgan fingerprint density at radius 3 is 2.84 bits per heavy atom. The van der Waals surface area contributed by atoms with Crippen molar-refractivity contribution in [1.82, 2.24) is 5.32 Å². The first-order valence-corrected chi connectivity index (χ1v) is 7.00. The average molecular weight is 259 g/mol. The zero-order valence-electron chi connectivity index (χ0n) is 11.8. The summed E-state index contributed by atoms with van der Waals surface area (Å²) in [6.45, 7) is 8.82. The highest BCUT2D eigenvalue weighted by molar-refractivity contribution is 6.06. The summed E-state index contributed by atoms with van der Waals surface area (Å²) in [7, 11) is 0. The van der Waals surface area contributed by atoms with Crippen molar-refractivity contribution in [3.8, 4) is 0 Å². The first-order valence-electron chi connectivity index (χ1n) is 7.00. The van der Waals surface area contributed by atoms with E-state index >= 15 is 0 Å². The van der Waals surface area contributed by atoms with Crippen LogP contribution in [0.15, 0.2) is 18.2 Å². The minimum Gasteiger partial charge on any atom is -0.355 e. The van der Waals surface area contributed by atoms with Crippen molar-refractivity contribution < 1.29 is 4.79 Å². The van der Waals surface area contributed by atoms with Crippen molar-refractivity contribution >= 4 is 17.3 Å². The molecule has 0 aliphatic carbocycles. The number of carbonyl (C=O) groups excluding carboxylic acids is 1. The standard InChI is InChI=1S/C15H21N3O/c1-10(2)18-13-8-11(3)4-5-12(13)17-7-6-16-9-14(17)15(18)19/h4-5,8,10,14,16H,6-7,9H2,1-3H3. The first-order chi connectivity index (χ1) is 9.09. The third kappa shape index (κ3) is 1.91. The molecule has 0 aromatic heterocycles. The number of nitrogens with zero attached hydrogens (tertiary/aromatic N) is 2. The molecule has 1 fully saturated rings. The van der Waals surface area contributed by atoms with Crippen molar-refractivity contribution in [2.45, 2.75) is 32.9 Å². The molecule has 2 heterocycles. The van der Waals surface area contributed by atoms with Crippen LogP contribution in [0.3, 0.4) is 0 Å². The molecule has 1 atom stereocenters. The van der Waals surface area contributed by atoms with Crippen molar-refractivity contribution in [3.05, 3.63) is 23.8 Å². The fourth-order valence-corrected chi connectivity index (χ4v) is 3.09. The number of benzene rings is 1. The van der Waals surface area contributed by atoms with Gasteiger partial charge in [0.2, 0.25) is 0 Å². The average Bonchev–Trinajstić information content (AvgIpc) is 2.38. The summed E-state index contributed by atoms with van der Waals surface area (Å²) < 4.78 is 0. The molecule has 1 amide bonds. The number of carbonyl (C=O) groups is 1. The lowest BCUT2D eigenvalue weighted by atomic mass is 10.0. The Morgan fingerprint density at radius 1 is 1.32 bits per heavy atom.